The lowest BCUT2D eigenvalue weighted by Crippen LogP contribution is -2.14. The molecule has 2 aromatic heterocycles. The van der Waals surface area contributed by atoms with Crippen molar-refractivity contribution >= 4 is 11.2 Å². The number of hydrogen-bond donors (Lipinski definition) is 1. The summed E-state index contributed by atoms with van der Waals surface area (Å²) in [5.74, 6) is 0. The summed E-state index contributed by atoms with van der Waals surface area (Å²) in [6.45, 7) is 4.89. The first-order valence-electron chi connectivity index (χ1n) is 4.77. The number of nitrogens with zero attached hydrogens (tertiary/aromatic N) is 4. The molecule has 0 saturated heterocycles. The maximum Gasteiger partial charge on any atom is 0.181 e. The second kappa shape index (κ2) is 4.08. The van der Waals surface area contributed by atoms with E-state index in [9.17, 15) is 0 Å². The van der Waals surface area contributed by atoms with Crippen LogP contribution in [0.15, 0.2) is 30.5 Å². The van der Waals surface area contributed by atoms with Crippen LogP contribution in [0, 0.1) is 0 Å². The van der Waals surface area contributed by atoms with E-state index in [1.807, 2.05) is 0 Å². The van der Waals surface area contributed by atoms with Crippen molar-refractivity contribution in [3.8, 4) is 0 Å². The summed E-state index contributed by atoms with van der Waals surface area (Å²) in [6.07, 6.45) is 7.02. The molecule has 2 heterocycles. The van der Waals surface area contributed by atoms with Gasteiger partial charge in [0.2, 0.25) is 0 Å². The van der Waals surface area contributed by atoms with Crippen LogP contribution in [0.4, 0.5) is 0 Å². The summed E-state index contributed by atoms with van der Waals surface area (Å²) < 4.78 is 1.80. The molecule has 0 saturated carbocycles. The van der Waals surface area contributed by atoms with E-state index in [1.165, 1.54) is 11.9 Å². The first kappa shape index (κ1) is 9.64. The lowest BCUT2D eigenvalue weighted by atomic mass is 10.3. The van der Waals surface area contributed by atoms with Gasteiger partial charge in [-0.05, 0) is 13.8 Å². The normalized spacial score (nSPS) is 10.3. The summed E-state index contributed by atoms with van der Waals surface area (Å²) in [4.78, 5) is 12.2. The van der Waals surface area contributed by atoms with Crippen LogP contribution in [-0.4, -0.2) is 26.2 Å². The zero-order valence-corrected chi connectivity index (χ0v) is 8.81. The number of allylic oxidation sites excluding steroid dienone is 1. The van der Waals surface area contributed by atoms with Gasteiger partial charge in [0.15, 0.2) is 5.65 Å². The summed E-state index contributed by atoms with van der Waals surface area (Å²) in [6, 6.07) is 0. The van der Waals surface area contributed by atoms with E-state index in [4.69, 9.17) is 0 Å². The Hall–Kier alpha value is -1.91. The Morgan fingerprint density at radius 2 is 2.33 bits per heavy atom. The first-order chi connectivity index (χ1) is 7.27. The molecule has 0 fully saturated rings. The predicted octanol–water partition coefficient (Wildman–Crippen LogP) is 1.34. The van der Waals surface area contributed by atoms with Crippen LogP contribution in [0.3, 0.4) is 0 Å². The second-order valence-electron chi connectivity index (χ2n) is 3.49. The second-order valence-corrected chi connectivity index (χ2v) is 3.49. The molecule has 0 bridgehead atoms. The maximum atomic E-state index is 4.17. The van der Waals surface area contributed by atoms with Crippen molar-refractivity contribution in [1.82, 2.24) is 19.6 Å². The third-order valence-electron chi connectivity index (χ3n) is 1.99. The Kier molecular flexibility index (Phi) is 2.62. The highest BCUT2D eigenvalue weighted by Gasteiger charge is 2.00. The molecule has 0 atom stereocenters. The highest BCUT2D eigenvalue weighted by Crippen LogP contribution is 2.04. The van der Waals surface area contributed by atoms with Gasteiger partial charge in [0.1, 0.15) is 18.2 Å². The Labute approximate surface area is 87.8 Å². The van der Waals surface area contributed by atoms with Crippen LogP contribution in [0.1, 0.15) is 13.8 Å². The molecule has 5 nitrogen and oxygen atoms in total. The monoisotopic (exact) mass is 203 g/mol. The zero-order chi connectivity index (χ0) is 10.7. The van der Waals surface area contributed by atoms with Gasteiger partial charge in [-0.25, -0.2) is 19.6 Å². The molecule has 0 aromatic carbocycles. The van der Waals surface area contributed by atoms with Gasteiger partial charge in [-0.2, -0.15) is 0 Å². The molecule has 0 aliphatic carbocycles. The highest BCUT2D eigenvalue weighted by molar-refractivity contribution is 5.69. The van der Waals surface area contributed by atoms with Crippen LogP contribution in [-0.2, 0) is 0 Å². The number of fused-ring (bicyclic) bond motifs is 1. The van der Waals surface area contributed by atoms with E-state index >= 15 is 0 Å². The molecule has 1 N–H and O–H groups in total. The van der Waals surface area contributed by atoms with E-state index in [0.717, 1.165) is 17.7 Å². The maximum absolute atomic E-state index is 4.17. The van der Waals surface area contributed by atoms with Crippen LogP contribution in [0.5, 0.6) is 0 Å². The number of nitrogens with one attached hydrogen (secondary N) is 1. The fourth-order valence-corrected chi connectivity index (χ4v) is 1.23. The van der Waals surface area contributed by atoms with E-state index in [2.05, 4.69) is 40.3 Å². The third-order valence-corrected chi connectivity index (χ3v) is 1.99. The predicted molar refractivity (Wildman–Crippen MR) is 59.0 cm³/mol. The van der Waals surface area contributed by atoms with Gasteiger partial charge in [0, 0.05) is 6.54 Å². The van der Waals surface area contributed by atoms with E-state index in [0.29, 0.717) is 0 Å². The average Bonchev–Trinajstić information content (AvgIpc) is 2.62. The standard InChI is InChI=1S/C10H13N5/c1-8(2)3-4-14-15-7-13-9-5-11-6-12-10(9)15/h3,5-7,14H,4H2,1-2H3. The lowest BCUT2D eigenvalue weighted by Gasteiger charge is -2.04. The van der Waals surface area contributed by atoms with Crippen LogP contribution in [0.25, 0.3) is 11.2 Å². The van der Waals surface area contributed by atoms with Crippen molar-refractivity contribution in [1.29, 1.82) is 0 Å². The van der Waals surface area contributed by atoms with Gasteiger partial charge in [-0.3, -0.25) is 0 Å². The van der Waals surface area contributed by atoms with Gasteiger partial charge in [-0.15, -0.1) is 0 Å². The smallest absolute Gasteiger partial charge is 0.181 e. The molecule has 2 aromatic rings. The summed E-state index contributed by atoms with van der Waals surface area (Å²) in [5.41, 5.74) is 6.06. The minimum Gasteiger partial charge on any atom is -0.319 e. The molecular weight excluding hydrogens is 190 g/mol. The molecule has 2 rings (SSSR count). The fourth-order valence-electron chi connectivity index (χ4n) is 1.23. The van der Waals surface area contributed by atoms with E-state index in [-0.39, 0.29) is 0 Å². The third kappa shape index (κ3) is 2.12. The van der Waals surface area contributed by atoms with Crippen LogP contribution >= 0.6 is 0 Å². The molecule has 5 heteroatoms. The number of aromatic nitrogens is 4. The molecule has 0 aliphatic heterocycles. The lowest BCUT2D eigenvalue weighted by molar-refractivity contribution is 0.898. The molecule has 0 radical (unpaired) electrons. The summed E-state index contributed by atoms with van der Waals surface area (Å²) in [5, 5.41) is 0. The van der Waals surface area contributed by atoms with Crippen molar-refractivity contribution in [3.05, 3.63) is 30.5 Å². The zero-order valence-electron chi connectivity index (χ0n) is 8.81. The Balaban J connectivity index is 2.18. The Morgan fingerprint density at radius 3 is 3.13 bits per heavy atom. The van der Waals surface area contributed by atoms with Crippen molar-refractivity contribution in [3.63, 3.8) is 0 Å². The minimum atomic E-state index is 0.762. The molecule has 0 unspecified atom stereocenters. The quantitative estimate of drug-likeness (QED) is 0.765. The number of hydrogen-bond acceptors (Lipinski definition) is 4. The van der Waals surface area contributed by atoms with Crippen molar-refractivity contribution < 1.29 is 0 Å². The summed E-state index contributed by atoms with van der Waals surface area (Å²) in [7, 11) is 0. The molecule has 0 aliphatic rings. The molecule has 15 heavy (non-hydrogen) atoms. The van der Waals surface area contributed by atoms with Crippen LogP contribution < -0.4 is 5.43 Å². The fraction of sp³-hybridized carbons (Fsp3) is 0.300. The number of rotatable bonds is 3. The SMILES string of the molecule is CC(C)=CCNn1cnc2cncnc21. The van der Waals surface area contributed by atoms with Gasteiger partial charge in [0.05, 0.1) is 6.20 Å². The van der Waals surface area contributed by atoms with Crippen LogP contribution in [0.2, 0.25) is 0 Å². The Morgan fingerprint density at radius 1 is 1.47 bits per heavy atom. The molecular formula is C10H13N5. The van der Waals surface area contributed by atoms with Crippen molar-refractivity contribution in [2.75, 3.05) is 12.0 Å². The number of imidazole rings is 1. The average molecular weight is 203 g/mol. The highest BCUT2D eigenvalue weighted by atomic mass is 15.4. The van der Waals surface area contributed by atoms with Crippen molar-refractivity contribution in [2.45, 2.75) is 13.8 Å². The topological polar surface area (TPSA) is 55.6 Å². The van der Waals surface area contributed by atoms with E-state index < -0.39 is 0 Å². The van der Waals surface area contributed by atoms with E-state index in [1.54, 1.807) is 17.2 Å². The molecule has 0 spiro atoms. The molecule has 78 valence electrons. The summed E-state index contributed by atoms with van der Waals surface area (Å²) >= 11 is 0. The van der Waals surface area contributed by atoms with Gasteiger partial charge >= 0.3 is 0 Å². The van der Waals surface area contributed by atoms with Gasteiger partial charge in [0.25, 0.3) is 0 Å². The minimum absolute atomic E-state index is 0.762. The Bertz CT molecular complexity index is 481. The van der Waals surface area contributed by atoms with Gasteiger partial charge < -0.3 is 5.43 Å². The van der Waals surface area contributed by atoms with Gasteiger partial charge in [-0.1, -0.05) is 11.6 Å². The molecule has 0 amide bonds. The van der Waals surface area contributed by atoms with Crippen molar-refractivity contribution in [2.24, 2.45) is 0 Å². The first-order valence-corrected chi connectivity index (χ1v) is 4.77. The largest absolute Gasteiger partial charge is 0.319 e.